The topological polar surface area (TPSA) is 79.5 Å². The van der Waals surface area contributed by atoms with E-state index >= 15 is 0 Å². The zero-order valence-electron chi connectivity index (χ0n) is 14.5. The van der Waals surface area contributed by atoms with Crippen LogP contribution in [-0.2, 0) is 9.53 Å². The molecular formula is C19H22ClN3O3. The highest BCUT2D eigenvalue weighted by Crippen LogP contribution is 2.19. The molecule has 1 atom stereocenters. The van der Waals surface area contributed by atoms with E-state index in [1.165, 1.54) is 0 Å². The molecule has 138 valence electrons. The molecule has 7 heteroatoms. The Morgan fingerprint density at radius 1 is 1.12 bits per heavy atom. The van der Waals surface area contributed by atoms with E-state index in [-0.39, 0.29) is 24.2 Å². The summed E-state index contributed by atoms with van der Waals surface area (Å²) >= 11 is 0. The Balaban J connectivity index is 0.00000243. The predicted molar refractivity (Wildman–Crippen MR) is 104 cm³/mol. The van der Waals surface area contributed by atoms with Gasteiger partial charge in [-0.15, -0.1) is 12.4 Å². The quantitative estimate of drug-likeness (QED) is 0.767. The molecule has 0 bridgehead atoms. The maximum absolute atomic E-state index is 12.4. The minimum Gasteiger partial charge on any atom is -0.366 e. The molecule has 1 saturated heterocycles. The Kier molecular flexibility index (Phi) is 7.15. The third kappa shape index (κ3) is 5.05. The first-order chi connectivity index (χ1) is 12.1. The average Bonchev–Trinajstić information content (AvgIpc) is 2.65. The predicted octanol–water partition coefficient (Wildman–Crippen LogP) is 2.60. The van der Waals surface area contributed by atoms with Crippen molar-refractivity contribution in [2.45, 2.75) is 13.0 Å². The summed E-state index contributed by atoms with van der Waals surface area (Å²) in [6, 6.07) is 14.5. The highest BCUT2D eigenvalue weighted by molar-refractivity contribution is 6.05. The first-order valence-corrected chi connectivity index (χ1v) is 8.24. The fourth-order valence-corrected chi connectivity index (χ4v) is 2.57. The van der Waals surface area contributed by atoms with Gasteiger partial charge in [-0.05, 0) is 36.8 Å². The van der Waals surface area contributed by atoms with Crippen LogP contribution in [0.4, 0.5) is 11.4 Å². The SMILES string of the molecule is Cc1ccc(C(=O)Nc2ccccc2)cc1NC(=O)[C@H]1CNCCO1.Cl. The van der Waals surface area contributed by atoms with Gasteiger partial charge < -0.3 is 20.7 Å². The highest BCUT2D eigenvalue weighted by atomic mass is 35.5. The van der Waals surface area contributed by atoms with Gasteiger partial charge in [0, 0.05) is 30.0 Å². The Bertz CT molecular complexity index is 762. The number of anilines is 2. The molecule has 0 unspecified atom stereocenters. The van der Waals surface area contributed by atoms with Gasteiger partial charge in [-0.2, -0.15) is 0 Å². The largest absolute Gasteiger partial charge is 0.366 e. The fraction of sp³-hybridized carbons (Fsp3) is 0.263. The van der Waals surface area contributed by atoms with Crippen molar-refractivity contribution < 1.29 is 14.3 Å². The number of morpholine rings is 1. The third-order valence-electron chi connectivity index (χ3n) is 4.01. The molecule has 6 nitrogen and oxygen atoms in total. The number of hydrogen-bond donors (Lipinski definition) is 3. The Morgan fingerprint density at radius 3 is 2.58 bits per heavy atom. The number of rotatable bonds is 4. The third-order valence-corrected chi connectivity index (χ3v) is 4.01. The summed E-state index contributed by atoms with van der Waals surface area (Å²) < 4.78 is 5.45. The molecule has 1 aliphatic heterocycles. The molecule has 3 N–H and O–H groups in total. The van der Waals surface area contributed by atoms with Crippen LogP contribution in [0.5, 0.6) is 0 Å². The van der Waals surface area contributed by atoms with E-state index in [9.17, 15) is 9.59 Å². The second-order valence-electron chi connectivity index (χ2n) is 5.90. The summed E-state index contributed by atoms with van der Waals surface area (Å²) in [5.74, 6) is -0.437. The van der Waals surface area contributed by atoms with Crippen LogP contribution < -0.4 is 16.0 Å². The van der Waals surface area contributed by atoms with Crippen molar-refractivity contribution in [2.75, 3.05) is 30.3 Å². The van der Waals surface area contributed by atoms with Crippen molar-refractivity contribution in [2.24, 2.45) is 0 Å². The summed E-state index contributed by atoms with van der Waals surface area (Å²) in [4.78, 5) is 24.7. The first kappa shape index (κ1) is 19.9. The lowest BCUT2D eigenvalue weighted by Gasteiger charge is -2.23. The molecular weight excluding hydrogens is 354 g/mol. The zero-order valence-corrected chi connectivity index (χ0v) is 15.3. The Morgan fingerprint density at radius 2 is 1.88 bits per heavy atom. The van der Waals surface area contributed by atoms with Crippen molar-refractivity contribution in [3.63, 3.8) is 0 Å². The second-order valence-corrected chi connectivity index (χ2v) is 5.90. The minimum absolute atomic E-state index is 0. The molecule has 2 aromatic carbocycles. The molecule has 1 aliphatic rings. The summed E-state index contributed by atoms with van der Waals surface area (Å²) in [7, 11) is 0. The number of halogens is 1. The lowest BCUT2D eigenvalue weighted by Crippen LogP contribution is -2.45. The molecule has 0 aromatic heterocycles. The molecule has 3 rings (SSSR count). The van der Waals surface area contributed by atoms with Crippen LogP contribution >= 0.6 is 12.4 Å². The van der Waals surface area contributed by atoms with Gasteiger partial charge in [0.25, 0.3) is 11.8 Å². The summed E-state index contributed by atoms with van der Waals surface area (Å²) in [6.45, 7) is 3.63. The summed E-state index contributed by atoms with van der Waals surface area (Å²) in [5, 5.41) is 8.81. The van der Waals surface area contributed by atoms with E-state index in [0.29, 0.717) is 24.4 Å². The van der Waals surface area contributed by atoms with Gasteiger partial charge in [-0.3, -0.25) is 9.59 Å². The van der Waals surface area contributed by atoms with Gasteiger partial charge in [0.2, 0.25) is 0 Å². The molecule has 0 saturated carbocycles. The number of hydrogen-bond acceptors (Lipinski definition) is 4. The number of carbonyl (C=O) groups is 2. The van der Waals surface area contributed by atoms with Crippen LogP contribution in [0, 0.1) is 6.92 Å². The van der Waals surface area contributed by atoms with E-state index in [0.717, 1.165) is 17.8 Å². The highest BCUT2D eigenvalue weighted by Gasteiger charge is 2.22. The van der Waals surface area contributed by atoms with E-state index in [2.05, 4.69) is 16.0 Å². The van der Waals surface area contributed by atoms with Gasteiger partial charge in [0.1, 0.15) is 6.10 Å². The van der Waals surface area contributed by atoms with Gasteiger partial charge in [0.05, 0.1) is 6.61 Å². The number of nitrogens with one attached hydrogen (secondary N) is 3. The number of carbonyl (C=O) groups excluding carboxylic acids is 2. The van der Waals surface area contributed by atoms with E-state index in [4.69, 9.17) is 4.74 Å². The van der Waals surface area contributed by atoms with Crippen LogP contribution in [0.15, 0.2) is 48.5 Å². The number of amides is 2. The lowest BCUT2D eigenvalue weighted by atomic mass is 10.1. The molecule has 1 heterocycles. The van der Waals surface area contributed by atoms with Crippen LogP contribution in [0.25, 0.3) is 0 Å². The number of benzene rings is 2. The smallest absolute Gasteiger partial charge is 0.255 e. The molecule has 26 heavy (non-hydrogen) atoms. The monoisotopic (exact) mass is 375 g/mol. The number of ether oxygens (including phenoxy) is 1. The second kappa shape index (κ2) is 9.33. The van der Waals surface area contributed by atoms with Crippen molar-refractivity contribution >= 4 is 35.6 Å². The Hall–Kier alpha value is -2.41. The molecule has 2 aromatic rings. The normalized spacial score (nSPS) is 16.3. The van der Waals surface area contributed by atoms with Gasteiger partial charge in [-0.25, -0.2) is 0 Å². The Labute approximate surface area is 158 Å². The van der Waals surface area contributed by atoms with Crippen LogP contribution in [0.2, 0.25) is 0 Å². The van der Waals surface area contributed by atoms with Crippen LogP contribution in [0.1, 0.15) is 15.9 Å². The van der Waals surface area contributed by atoms with Gasteiger partial charge >= 0.3 is 0 Å². The number of aryl methyl sites for hydroxylation is 1. The van der Waals surface area contributed by atoms with Crippen LogP contribution in [0.3, 0.4) is 0 Å². The van der Waals surface area contributed by atoms with E-state index in [1.54, 1.807) is 12.1 Å². The molecule has 0 aliphatic carbocycles. The molecule has 2 amide bonds. The first-order valence-electron chi connectivity index (χ1n) is 8.24. The van der Waals surface area contributed by atoms with Crippen molar-refractivity contribution in [3.8, 4) is 0 Å². The minimum atomic E-state index is -0.519. The van der Waals surface area contributed by atoms with Crippen molar-refractivity contribution in [1.82, 2.24) is 5.32 Å². The standard InChI is InChI=1S/C19H21N3O3.ClH/c1-13-7-8-14(18(23)21-15-5-3-2-4-6-15)11-16(13)22-19(24)17-12-20-9-10-25-17;/h2-8,11,17,20H,9-10,12H2,1H3,(H,21,23)(H,22,24);1H/t17-;/m1./s1. The van der Waals surface area contributed by atoms with E-state index < -0.39 is 6.10 Å². The maximum atomic E-state index is 12.4. The molecule has 0 spiro atoms. The van der Waals surface area contributed by atoms with Crippen molar-refractivity contribution in [1.29, 1.82) is 0 Å². The molecule has 1 fully saturated rings. The number of para-hydroxylation sites is 1. The summed E-state index contributed by atoms with van der Waals surface area (Å²) in [6.07, 6.45) is -0.519. The maximum Gasteiger partial charge on any atom is 0.255 e. The zero-order chi connectivity index (χ0) is 17.6. The fourth-order valence-electron chi connectivity index (χ4n) is 2.57. The van der Waals surface area contributed by atoms with E-state index in [1.807, 2.05) is 43.3 Å². The lowest BCUT2D eigenvalue weighted by molar-refractivity contribution is -0.128. The van der Waals surface area contributed by atoms with Crippen LogP contribution in [-0.4, -0.2) is 37.6 Å². The van der Waals surface area contributed by atoms with Crippen molar-refractivity contribution in [3.05, 3.63) is 59.7 Å². The molecule has 0 radical (unpaired) electrons. The van der Waals surface area contributed by atoms with Gasteiger partial charge in [0.15, 0.2) is 0 Å². The van der Waals surface area contributed by atoms with Gasteiger partial charge in [-0.1, -0.05) is 24.3 Å². The summed E-state index contributed by atoms with van der Waals surface area (Å²) in [5.41, 5.74) is 2.70. The average molecular weight is 376 g/mol.